The van der Waals surface area contributed by atoms with E-state index in [4.69, 9.17) is 4.74 Å². The van der Waals surface area contributed by atoms with Crippen molar-refractivity contribution in [2.24, 2.45) is 7.05 Å². The van der Waals surface area contributed by atoms with Gasteiger partial charge in [0.1, 0.15) is 5.69 Å². The molecule has 0 saturated heterocycles. The Morgan fingerprint density at radius 3 is 2.80 bits per heavy atom. The van der Waals surface area contributed by atoms with E-state index in [1.54, 1.807) is 10.6 Å². The fourth-order valence-electron chi connectivity index (χ4n) is 1.44. The highest BCUT2D eigenvalue weighted by atomic mass is 16.5. The van der Waals surface area contributed by atoms with Crippen LogP contribution in [0.3, 0.4) is 0 Å². The first kappa shape index (κ1) is 11.8. The van der Waals surface area contributed by atoms with E-state index in [0.29, 0.717) is 12.3 Å². The summed E-state index contributed by atoms with van der Waals surface area (Å²) in [4.78, 5) is 11.5. The topological polar surface area (TPSA) is 31.2 Å². The van der Waals surface area contributed by atoms with E-state index in [-0.39, 0.29) is 5.97 Å². The summed E-state index contributed by atoms with van der Waals surface area (Å²) in [6, 6.07) is 3.61. The van der Waals surface area contributed by atoms with Crippen molar-refractivity contribution in [3.05, 3.63) is 24.0 Å². The van der Waals surface area contributed by atoms with Gasteiger partial charge >= 0.3 is 5.97 Å². The molecule has 84 valence electrons. The van der Waals surface area contributed by atoms with Gasteiger partial charge in [0, 0.05) is 13.2 Å². The Bertz CT molecular complexity index is 304. The van der Waals surface area contributed by atoms with Crippen molar-refractivity contribution in [3.63, 3.8) is 0 Å². The van der Waals surface area contributed by atoms with Gasteiger partial charge in [-0.15, -0.1) is 0 Å². The minimum Gasteiger partial charge on any atom is -0.461 e. The van der Waals surface area contributed by atoms with Crippen molar-refractivity contribution in [1.29, 1.82) is 0 Å². The second-order valence-corrected chi connectivity index (χ2v) is 3.70. The van der Waals surface area contributed by atoms with Crippen LogP contribution in [-0.4, -0.2) is 17.1 Å². The van der Waals surface area contributed by atoms with Gasteiger partial charge in [-0.1, -0.05) is 26.2 Å². The first-order valence-electron chi connectivity index (χ1n) is 5.54. The summed E-state index contributed by atoms with van der Waals surface area (Å²) in [6.07, 6.45) is 6.35. The highest BCUT2D eigenvalue weighted by Crippen LogP contribution is 2.04. The lowest BCUT2D eigenvalue weighted by Crippen LogP contribution is -2.10. The predicted octanol–water partition coefficient (Wildman–Crippen LogP) is 2.76. The lowest BCUT2D eigenvalue weighted by atomic mass is 10.2. The maximum Gasteiger partial charge on any atom is 0.354 e. The SMILES string of the molecule is CCCCCCOC(=O)c1cccn1C. The smallest absolute Gasteiger partial charge is 0.354 e. The lowest BCUT2D eigenvalue weighted by Gasteiger charge is -2.05. The summed E-state index contributed by atoms with van der Waals surface area (Å²) in [5.41, 5.74) is 0.616. The maximum absolute atomic E-state index is 11.5. The number of hydrogen-bond acceptors (Lipinski definition) is 2. The number of aryl methyl sites for hydroxylation is 1. The van der Waals surface area contributed by atoms with Gasteiger partial charge in [-0.05, 0) is 18.6 Å². The zero-order valence-electron chi connectivity index (χ0n) is 9.53. The summed E-state index contributed by atoms with van der Waals surface area (Å²) in [5.74, 6) is -0.223. The number of esters is 1. The fourth-order valence-corrected chi connectivity index (χ4v) is 1.44. The summed E-state index contributed by atoms with van der Waals surface area (Å²) in [7, 11) is 1.84. The van der Waals surface area contributed by atoms with Crippen LogP contribution in [0, 0.1) is 0 Å². The Labute approximate surface area is 91.0 Å². The van der Waals surface area contributed by atoms with Gasteiger partial charge in [-0.3, -0.25) is 0 Å². The Balaban J connectivity index is 2.22. The molecule has 0 saturated carbocycles. The number of nitrogens with zero attached hydrogens (tertiary/aromatic N) is 1. The molecule has 15 heavy (non-hydrogen) atoms. The molecule has 1 rings (SSSR count). The third-order valence-corrected chi connectivity index (χ3v) is 2.38. The number of carbonyl (C=O) groups excluding carboxylic acids is 1. The quantitative estimate of drug-likeness (QED) is 0.533. The van der Waals surface area contributed by atoms with Crippen LogP contribution in [0.5, 0.6) is 0 Å². The number of carbonyl (C=O) groups is 1. The number of aromatic nitrogens is 1. The average molecular weight is 209 g/mol. The molecule has 3 nitrogen and oxygen atoms in total. The second-order valence-electron chi connectivity index (χ2n) is 3.70. The molecule has 3 heteroatoms. The first-order valence-corrected chi connectivity index (χ1v) is 5.54. The van der Waals surface area contributed by atoms with Crippen LogP contribution in [0.25, 0.3) is 0 Å². The third-order valence-electron chi connectivity index (χ3n) is 2.38. The van der Waals surface area contributed by atoms with Crippen molar-refractivity contribution in [2.75, 3.05) is 6.61 Å². The molecular weight excluding hydrogens is 190 g/mol. The van der Waals surface area contributed by atoms with Crippen LogP contribution in [0.15, 0.2) is 18.3 Å². The molecule has 1 heterocycles. The zero-order chi connectivity index (χ0) is 11.1. The number of rotatable bonds is 6. The molecule has 1 aromatic heterocycles. The summed E-state index contributed by atoms with van der Waals surface area (Å²) >= 11 is 0. The molecule has 1 aromatic rings. The van der Waals surface area contributed by atoms with E-state index in [1.165, 1.54) is 12.8 Å². The molecule has 0 spiro atoms. The molecule has 0 unspecified atom stereocenters. The molecule has 0 N–H and O–H groups in total. The van der Waals surface area contributed by atoms with Crippen LogP contribution >= 0.6 is 0 Å². The Kier molecular flexibility index (Phi) is 4.95. The van der Waals surface area contributed by atoms with Crippen molar-refractivity contribution in [2.45, 2.75) is 32.6 Å². The maximum atomic E-state index is 11.5. The molecule has 0 aliphatic carbocycles. The average Bonchev–Trinajstić information content (AvgIpc) is 2.64. The minimum absolute atomic E-state index is 0.223. The van der Waals surface area contributed by atoms with Crippen LogP contribution < -0.4 is 0 Å². The zero-order valence-corrected chi connectivity index (χ0v) is 9.53. The van der Waals surface area contributed by atoms with Gasteiger partial charge in [-0.2, -0.15) is 0 Å². The van der Waals surface area contributed by atoms with E-state index in [0.717, 1.165) is 12.8 Å². The van der Waals surface area contributed by atoms with Gasteiger partial charge < -0.3 is 9.30 Å². The molecule has 0 amide bonds. The van der Waals surface area contributed by atoms with E-state index in [1.807, 2.05) is 19.3 Å². The van der Waals surface area contributed by atoms with Crippen LogP contribution in [0.4, 0.5) is 0 Å². The Hall–Kier alpha value is -1.25. The van der Waals surface area contributed by atoms with Crippen molar-refractivity contribution in [3.8, 4) is 0 Å². The van der Waals surface area contributed by atoms with E-state index >= 15 is 0 Å². The largest absolute Gasteiger partial charge is 0.461 e. The minimum atomic E-state index is -0.223. The molecule has 0 bridgehead atoms. The van der Waals surface area contributed by atoms with Crippen molar-refractivity contribution in [1.82, 2.24) is 4.57 Å². The van der Waals surface area contributed by atoms with Gasteiger partial charge in [-0.25, -0.2) is 4.79 Å². The Morgan fingerprint density at radius 1 is 1.40 bits per heavy atom. The molecule has 0 aliphatic rings. The lowest BCUT2D eigenvalue weighted by molar-refractivity contribution is 0.0487. The summed E-state index contributed by atoms with van der Waals surface area (Å²) in [6.45, 7) is 2.69. The molecular formula is C12H19NO2. The summed E-state index contributed by atoms with van der Waals surface area (Å²) < 4.78 is 6.93. The normalized spacial score (nSPS) is 10.3. The molecule has 0 fully saturated rings. The molecule has 0 aliphatic heterocycles. The van der Waals surface area contributed by atoms with Crippen LogP contribution in [0.2, 0.25) is 0 Å². The summed E-state index contributed by atoms with van der Waals surface area (Å²) in [5, 5.41) is 0. The highest BCUT2D eigenvalue weighted by Gasteiger charge is 2.09. The molecule has 0 aromatic carbocycles. The van der Waals surface area contributed by atoms with Gasteiger partial charge in [0.05, 0.1) is 6.61 Å². The van der Waals surface area contributed by atoms with Crippen LogP contribution in [0.1, 0.15) is 43.1 Å². The Morgan fingerprint density at radius 2 is 2.20 bits per heavy atom. The number of unbranched alkanes of at least 4 members (excludes halogenated alkanes) is 3. The number of ether oxygens (including phenoxy) is 1. The molecule has 0 radical (unpaired) electrons. The van der Waals surface area contributed by atoms with Crippen LogP contribution in [-0.2, 0) is 11.8 Å². The van der Waals surface area contributed by atoms with Crippen molar-refractivity contribution < 1.29 is 9.53 Å². The second kappa shape index (κ2) is 6.27. The first-order chi connectivity index (χ1) is 7.25. The standard InChI is InChI=1S/C12H19NO2/c1-3-4-5-6-10-15-12(14)11-8-7-9-13(11)2/h7-9H,3-6,10H2,1-2H3. The van der Waals surface area contributed by atoms with Gasteiger partial charge in [0.15, 0.2) is 0 Å². The fraction of sp³-hybridized carbons (Fsp3) is 0.583. The van der Waals surface area contributed by atoms with Crippen molar-refractivity contribution >= 4 is 5.97 Å². The van der Waals surface area contributed by atoms with Gasteiger partial charge in [0.2, 0.25) is 0 Å². The van der Waals surface area contributed by atoms with E-state index in [2.05, 4.69) is 6.92 Å². The van der Waals surface area contributed by atoms with E-state index in [9.17, 15) is 4.79 Å². The number of hydrogen-bond donors (Lipinski definition) is 0. The van der Waals surface area contributed by atoms with E-state index < -0.39 is 0 Å². The van der Waals surface area contributed by atoms with Gasteiger partial charge in [0.25, 0.3) is 0 Å². The predicted molar refractivity (Wildman–Crippen MR) is 59.8 cm³/mol. The monoisotopic (exact) mass is 209 g/mol. The third kappa shape index (κ3) is 3.78. The highest BCUT2D eigenvalue weighted by molar-refractivity contribution is 5.87. The molecule has 0 atom stereocenters.